The van der Waals surface area contributed by atoms with Crippen LogP contribution in [0.25, 0.3) is 0 Å². The number of aromatic nitrogens is 1. The fourth-order valence-corrected chi connectivity index (χ4v) is 1.78. The van der Waals surface area contributed by atoms with Crippen molar-refractivity contribution < 1.29 is 26.3 Å². The van der Waals surface area contributed by atoms with Crippen LogP contribution >= 0.6 is 10.7 Å². The Balaban J connectivity index is 3.30. The lowest BCUT2D eigenvalue weighted by atomic mass is 10.3. The molecule has 1 heterocycles. The van der Waals surface area contributed by atoms with Crippen molar-refractivity contribution in [2.75, 3.05) is 5.73 Å². The number of hydrogen-bond donors (Lipinski definition) is 1. The molecule has 10 heteroatoms. The Kier molecular flexibility index (Phi) is 3.44. The molecule has 1 aromatic heterocycles. The Morgan fingerprint density at radius 3 is 2.35 bits per heavy atom. The van der Waals surface area contributed by atoms with Crippen molar-refractivity contribution in [3.63, 3.8) is 0 Å². The Morgan fingerprint density at radius 2 is 2.00 bits per heavy atom. The van der Waals surface area contributed by atoms with Gasteiger partial charge in [0.25, 0.3) is 9.05 Å². The van der Waals surface area contributed by atoms with E-state index >= 15 is 0 Å². The third-order valence-electron chi connectivity index (χ3n) is 1.62. The summed E-state index contributed by atoms with van der Waals surface area (Å²) in [4.78, 5) is 3.36. The summed E-state index contributed by atoms with van der Waals surface area (Å²) in [5, 5.41) is -0.635. The molecule has 0 radical (unpaired) electrons. The first-order chi connectivity index (χ1) is 7.50. The van der Waals surface area contributed by atoms with Gasteiger partial charge in [0.2, 0.25) is 0 Å². The van der Waals surface area contributed by atoms with Crippen molar-refractivity contribution in [2.24, 2.45) is 0 Å². The highest BCUT2D eigenvalue weighted by atomic mass is 35.7. The number of ether oxygens (including phenoxy) is 1. The molecule has 1 aromatic rings. The normalized spacial score (nSPS) is 12.5. The van der Waals surface area contributed by atoms with Gasteiger partial charge >= 0.3 is 6.36 Å². The number of aryl methyl sites for hydroxylation is 1. The highest BCUT2D eigenvalue weighted by Gasteiger charge is 2.33. The molecule has 0 fully saturated rings. The monoisotopic (exact) mass is 290 g/mol. The predicted octanol–water partition coefficient (Wildman–Crippen LogP) is 1.80. The highest BCUT2D eigenvalue weighted by Crippen LogP contribution is 2.32. The molecule has 5 nitrogen and oxygen atoms in total. The average Bonchev–Trinajstić information content (AvgIpc) is 2.07. The highest BCUT2D eigenvalue weighted by molar-refractivity contribution is 8.13. The van der Waals surface area contributed by atoms with Gasteiger partial charge in [-0.2, -0.15) is 0 Å². The predicted molar refractivity (Wildman–Crippen MR) is 53.1 cm³/mol. The second-order valence-corrected chi connectivity index (χ2v) is 5.46. The average molecular weight is 291 g/mol. The SMILES string of the molecule is Cc1nc(S(=O)(=O)Cl)cc(N)c1OC(F)(F)F. The van der Waals surface area contributed by atoms with Crippen LogP contribution in [0.4, 0.5) is 18.9 Å². The third-order valence-corrected chi connectivity index (χ3v) is 2.80. The Morgan fingerprint density at radius 1 is 1.47 bits per heavy atom. The largest absolute Gasteiger partial charge is 0.573 e. The molecule has 1 rings (SSSR count). The quantitative estimate of drug-likeness (QED) is 0.840. The van der Waals surface area contributed by atoms with E-state index in [9.17, 15) is 21.6 Å². The molecule has 0 aliphatic carbocycles. The van der Waals surface area contributed by atoms with Gasteiger partial charge in [0.05, 0.1) is 11.4 Å². The minimum absolute atomic E-state index is 0.332. The molecule has 0 bridgehead atoms. The van der Waals surface area contributed by atoms with Crippen LogP contribution in [0.1, 0.15) is 5.69 Å². The summed E-state index contributed by atoms with van der Waals surface area (Å²) in [5.41, 5.74) is 4.39. The van der Waals surface area contributed by atoms with Crippen LogP contribution in [-0.4, -0.2) is 19.8 Å². The molecular formula is C7H6ClF3N2O3S. The van der Waals surface area contributed by atoms with E-state index in [-0.39, 0.29) is 5.69 Å². The smallest absolute Gasteiger partial charge is 0.402 e. The van der Waals surface area contributed by atoms with Crippen LogP contribution < -0.4 is 10.5 Å². The van der Waals surface area contributed by atoms with Crippen LogP contribution in [-0.2, 0) is 9.05 Å². The number of nitrogens with zero attached hydrogens (tertiary/aromatic N) is 1. The van der Waals surface area contributed by atoms with Gasteiger partial charge in [0.1, 0.15) is 0 Å². The lowest BCUT2D eigenvalue weighted by Crippen LogP contribution is -2.19. The summed E-state index contributed by atoms with van der Waals surface area (Å²) in [6.45, 7) is 1.11. The van der Waals surface area contributed by atoms with Crippen LogP contribution in [0.15, 0.2) is 11.1 Å². The Hall–Kier alpha value is -1.22. The molecule has 96 valence electrons. The van der Waals surface area contributed by atoms with Crippen LogP contribution in [0.3, 0.4) is 0 Å². The molecule has 0 amide bonds. The second kappa shape index (κ2) is 4.22. The van der Waals surface area contributed by atoms with Crippen molar-refractivity contribution in [1.82, 2.24) is 4.98 Å². The number of nitrogen functional groups attached to an aromatic ring is 1. The molecule has 0 saturated carbocycles. The number of anilines is 1. The standard InChI is InChI=1S/C7H6ClF3N2O3S/c1-3-6(16-7(9,10)11)4(12)2-5(13-3)17(8,14)15/h2H,1H3,(H2,12,13). The topological polar surface area (TPSA) is 82.3 Å². The number of hydrogen-bond acceptors (Lipinski definition) is 5. The molecule has 0 aromatic carbocycles. The van der Waals surface area contributed by atoms with Crippen molar-refractivity contribution in [1.29, 1.82) is 0 Å². The van der Waals surface area contributed by atoms with Crippen LogP contribution in [0.5, 0.6) is 5.75 Å². The summed E-state index contributed by atoms with van der Waals surface area (Å²) >= 11 is 0. The van der Waals surface area contributed by atoms with E-state index in [4.69, 9.17) is 16.4 Å². The zero-order valence-corrected chi connectivity index (χ0v) is 9.82. The maximum absolute atomic E-state index is 12.0. The Bertz CT molecular complexity index is 521. The van der Waals surface area contributed by atoms with E-state index in [1.807, 2.05) is 0 Å². The molecule has 0 aliphatic rings. The van der Waals surface area contributed by atoms with Gasteiger partial charge < -0.3 is 10.5 Å². The molecule has 0 atom stereocenters. The second-order valence-electron chi connectivity index (χ2n) is 2.95. The van der Waals surface area contributed by atoms with E-state index < -0.39 is 31.9 Å². The maximum atomic E-state index is 12.0. The third kappa shape index (κ3) is 3.63. The van der Waals surface area contributed by atoms with E-state index in [0.29, 0.717) is 6.07 Å². The fraction of sp³-hybridized carbons (Fsp3) is 0.286. The summed E-state index contributed by atoms with van der Waals surface area (Å²) in [7, 11) is 0.815. The molecule has 17 heavy (non-hydrogen) atoms. The summed E-state index contributed by atoms with van der Waals surface area (Å²) in [6, 6.07) is 0.691. The van der Waals surface area contributed by atoms with Crippen molar-refractivity contribution in [3.05, 3.63) is 11.8 Å². The van der Waals surface area contributed by atoms with Gasteiger partial charge in [0.15, 0.2) is 10.8 Å². The molecule has 0 spiro atoms. The number of nitrogens with two attached hydrogens (primary N) is 1. The van der Waals surface area contributed by atoms with Gasteiger partial charge in [-0.05, 0) is 6.92 Å². The van der Waals surface area contributed by atoms with Crippen molar-refractivity contribution >= 4 is 25.4 Å². The number of halogens is 4. The minimum Gasteiger partial charge on any atom is -0.402 e. The molecule has 0 saturated heterocycles. The van der Waals surface area contributed by atoms with Gasteiger partial charge in [-0.3, -0.25) is 0 Å². The first kappa shape index (κ1) is 13.8. The lowest BCUT2D eigenvalue weighted by molar-refractivity contribution is -0.274. The fourth-order valence-electron chi connectivity index (χ4n) is 1.03. The van der Waals surface area contributed by atoms with Crippen LogP contribution in [0.2, 0.25) is 0 Å². The molecule has 2 N–H and O–H groups in total. The number of alkyl halides is 3. The lowest BCUT2D eigenvalue weighted by Gasteiger charge is -2.13. The zero-order valence-electron chi connectivity index (χ0n) is 8.25. The number of pyridine rings is 1. The minimum atomic E-state index is -4.94. The van der Waals surface area contributed by atoms with Gasteiger partial charge in [-0.15, -0.1) is 13.2 Å². The Labute approximate surface area is 98.8 Å². The van der Waals surface area contributed by atoms with Gasteiger partial charge in [-0.25, -0.2) is 13.4 Å². The van der Waals surface area contributed by atoms with E-state index in [1.165, 1.54) is 0 Å². The first-order valence-corrected chi connectivity index (χ1v) is 6.29. The van der Waals surface area contributed by atoms with E-state index in [0.717, 1.165) is 6.92 Å². The van der Waals surface area contributed by atoms with E-state index in [2.05, 4.69) is 9.72 Å². The summed E-state index contributed by atoms with van der Waals surface area (Å²) in [6.07, 6.45) is -4.94. The summed E-state index contributed by atoms with van der Waals surface area (Å²) in [5.74, 6) is -0.749. The summed E-state index contributed by atoms with van der Waals surface area (Å²) < 4.78 is 61.4. The first-order valence-electron chi connectivity index (χ1n) is 3.98. The molecule has 0 unspecified atom stereocenters. The van der Waals surface area contributed by atoms with Crippen molar-refractivity contribution in [2.45, 2.75) is 18.3 Å². The van der Waals surface area contributed by atoms with Gasteiger partial charge in [-0.1, -0.05) is 0 Å². The van der Waals surface area contributed by atoms with Crippen LogP contribution in [0, 0.1) is 6.92 Å². The maximum Gasteiger partial charge on any atom is 0.573 e. The molecule has 0 aliphatic heterocycles. The van der Waals surface area contributed by atoms with Crippen molar-refractivity contribution in [3.8, 4) is 5.75 Å². The zero-order chi connectivity index (χ0) is 13.4. The van der Waals surface area contributed by atoms with Gasteiger partial charge in [0, 0.05) is 16.7 Å². The molecular weight excluding hydrogens is 285 g/mol. The number of rotatable bonds is 2. The van der Waals surface area contributed by atoms with E-state index in [1.54, 1.807) is 0 Å².